The van der Waals surface area contributed by atoms with E-state index in [2.05, 4.69) is 63.4 Å². The standard InChI is InChI=1S/C84H109ClN18O14/c1-51(2)42-64(73(106)93-63(18-12-34-90-82(87)88)81(114)103-37-13-19-71(103)80(113)91-52(3)72(86)105)94-74(107)67(47-56-27-32-62(33-28-56)92-84(116)102-35-10-5-11-36-102)96-76(109)68(45-54-20-22-57(23-21-54)49-101-38-40-117-41-39-101)98-79(112)70(50-104)99-77(110)65(44-53-14-6-4-7-15-53)95-75(108)66(46-55-25-30-61(85)31-26-55)97-78(111)69(100-83(89)115)48-58-24-29-59-16-8-9-17-60(59)43-58/h4,6-9,14-17,20-33,43,51-52,63-71,104H,5,10-13,18-19,34-42,44-50H2,1-3H3,(H2,86,105)(H,91,113)(H,92,116)(H,93,106)(H,94,107)(H,95,108)(H,96,109)(H,97,111)(H,98,112)(H,99,110)(H4,87,88,90)(H3,89,100,115)/t52-,63+,64+,65-,66-,67-,68+,69-,70+,71+/m1/s1. The number of hydrogen-bond acceptors (Lipinski definition) is 16. The summed E-state index contributed by atoms with van der Waals surface area (Å²) in [6, 6.07) is 26.7. The molecule has 9 rings (SSSR count). The average molecular weight is 1630 g/mol. The van der Waals surface area contributed by atoms with Gasteiger partial charge in [0.15, 0.2) is 5.96 Å². The smallest absolute Gasteiger partial charge is 0.321 e. The Balaban J connectivity index is 1.00. The van der Waals surface area contributed by atoms with Crippen LogP contribution >= 0.6 is 11.6 Å². The molecular weight excluding hydrogens is 1520 g/mol. The first-order chi connectivity index (χ1) is 56.1. The van der Waals surface area contributed by atoms with Crippen LogP contribution in [-0.2, 0) is 91.3 Å². The Labute approximate surface area is 685 Å². The van der Waals surface area contributed by atoms with Crippen molar-refractivity contribution in [1.29, 1.82) is 5.41 Å². The van der Waals surface area contributed by atoms with Gasteiger partial charge < -0.3 is 95.3 Å². The second kappa shape index (κ2) is 44.4. The number of benzene rings is 6. The lowest BCUT2D eigenvalue weighted by Gasteiger charge is -2.31. The number of carbonyl (C=O) groups is 12. The maximum atomic E-state index is 15.6. The summed E-state index contributed by atoms with van der Waals surface area (Å²) in [5, 5.41) is 51.2. The highest BCUT2D eigenvalue weighted by Crippen LogP contribution is 2.24. The number of hydrogen-bond donors (Lipinski definition) is 16. The zero-order chi connectivity index (χ0) is 84.1. The van der Waals surface area contributed by atoms with Gasteiger partial charge in [0.1, 0.15) is 60.4 Å². The minimum atomic E-state index is -1.83. The largest absolute Gasteiger partial charge is 0.394 e. The van der Waals surface area contributed by atoms with Crippen LogP contribution in [-0.4, -0.2) is 216 Å². The fourth-order valence-corrected chi connectivity index (χ4v) is 14.4. The van der Waals surface area contributed by atoms with Crippen LogP contribution in [0.1, 0.15) is 106 Å². The third-order valence-electron chi connectivity index (χ3n) is 20.7. The number of likely N-dealkylation sites (tertiary alicyclic amines) is 2. The first kappa shape index (κ1) is 89.2. The molecule has 0 radical (unpaired) electrons. The molecule has 19 N–H and O–H groups in total. The van der Waals surface area contributed by atoms with Gasteiger partial charge in [0.2, 0.25) is 59.1 Å². The van der Waals surface area contributed by atoms with Crippen LogP contribution in [0.4, 0.5) is 15.3 Å². The predicted molar refractivity (Wildman–Crippen MR) is 441 cm³/mol. The Kier molecular flexibility index (Phi) is 33.8. The molecule has 3 fully saturated rings. The van der Waals surface area contributed by atoms with Crippen molar-refractivity contribution >= 4 is 105 Å². The van der Waals surface area contributed by atoms with Gasteiger partial charge in [0.25, 0.3) is 0 Å². The molecular formula is C84H109ClN18O14. The third kappa shape index (κ3) is 28.0. The predicted octanol–water partition coefficient (Wildman–Crippen LogP) is 2.57. The van der Waals surface area contributed by atoms with Gasteiger partial charge in [-0.05, 0) is 133 Å². The number of halogens is 1. The number of aliphatic hydroxyl groups excluding tert-OH is 1. The van der Waals surface area contributed by atoms with Crippen molar-refractivity contribution in [2.24, 2.45) is 23.1 Å². The molecule has 6 aromatic rings. The van der Waals surface area contributed by atoms with Crippen LogP contribution in [0.3, 0.4) is 0 Å². The highest BCUT2D eigenvalue weighted by atomic mass is 35.5. The van der Waals surface area contributed by atoms with Gasteiger partial charge in [0.05, 0.1) is 19.8 Å². The van der Waals surface area contributed by atoms with E-state index in [1.807, 2.05) is 48.5 Å². The van der Waals surface area contributed by atoms with Gasteiger partial charge >= 0.3 is 12.1 Å². The van der Waals surface area contributed by atoms with Crippen molar-refractivity contribution in [2.75, 3.05) is 64.4 Å². The summed E-state index contributed by atoms with van der Waals surface area (Å²) >= 11 is 6.28. The molecule has 0 spiro atoms. The lowest BCUT2D eigenvalue weighted by Crippen LogP contribution is -2.62. The molecule has 32 nitrogen and oxygen atoms in total. The molecule has 10 atom stereocenters. The summed E-state index contributed by atoms with van der Waals surface area (Å²) < 4.78 is 5.57. The maximum absolute atomic E-state index is 15.6. The topological polar surface area (TPSA) is 478 Å². The number of fused-ring (bicyclic) bond motifs is 1. The van der Waals surface area contributed by atoms with E-state index in [0.717, 1.165) is 35.6 Å². The molecule has 33 heteroatoms. The number of nitrogens with one attached hydrogen (secondary N) is 12. The van der Waals surface area contributed by atoms with Gasteiger partial charge in [-0.25, -0.2) is 9.59 Å². The zero-order valence-electron chi connectivity index (χ0n) is 66.2. The van der Waals surface area contributed by atoms with E-state index in [1.54, 1.807) is 116 Å². The van der Waals surface area contributed by atoms with Crippen molar-refractivity contribution in [3.63, 3.8) is 0 Å². The van der Waals surface area contributed by atoms with Gasteiger partial charge in [-0.3, -0.25) is 58.3 Å². The number of amides is 14. The Bertz CT molecular complexity index is 4420. The highest BCUT2D eigenvalue weighted by molar-refractivity contribution is 6.30. The number of nitrogens with two attached hydrogens (primary N) is 3. The monoisotopic (exact) mass is 1630 g/mol. The number of urea groups is 2. The Morgan fingerprint density at radius 3 is 1.50 bits per heavy atom. The van der Waals surface area contributed by atoms with Crippen LogP contribution in [0.15, 0.2) is 146 Å². The van der Waals surface area contributed by atoms with Crippen molar-refractivity contribution in [2.45, 2.75) is 171 Å². The minimum Gasteiger partial charge on any atom is -0.394 e. The van der Waals surface area contributed by atoms with Gasteiger partial charge in [-0.1, -0.05) is 147 Å². The van der Waals surface area contributed by atoms with Crippen LogP contribution in [0.25, 0.3) is 10.8 Å². The summed E-state index contributed by atoms with van der Waals surface area (Å²) in [5.74, 6) is -9.03. The molecule has 117 heavy (non-hydrogen) atoms. The first-order valence-corrected chi connectivity index (χ1v) is 40.1. The molecule has 3 aliphatic heterocycles. The lowest BCUT2D eigenvalue weighted by molar-refractivity contribution is -0.142. The molecule has 14 amide bonds. The summed E-state index contributed by atoms with van der Waals surface area (Å²) in [6.07, 6.45) is 2.62. The second-order valence-electron chi connectivity index (χ2n) is 30.3. The molecule has 0 aromatic heterocycles. The van der Waals surface area contributed by atoms with E-state index >= 15 is 24.0 Å². The van der Waals surface area contributed by atoms with Crippen LogP contribution in [0, 0.1) is 11.3 Å². The molecule has 6 aromatic carbocycles. The SMILES string of the molecule is CC(C)C[C@H](NC(=O)[C@@H](Cc1ccc(NC(=O)N2CCCCC2)cc1)NC(=O)[C@H](Cc1ccc(CN2CCOCC2)cc1)NC(=O)[C@H](CO)NC(=O)[C@@H](Cc1ccccc1)NC(=O)[C@@H](Cc1ccc(Cl)cc1)NC(=O)[C@@H](Cc1ccc2ccccc2c1)NC(N)=O)C(=O)N[C@@H](CCCNC(=N)N)C(=O)N1CCC[C@H]1C(=O)N[C@H](C)C(N)=O. The molecule has 3 saturated heterocycles. The number of nitrogens with zero attached hydrogens (tertiary/aromatic N) is 3. The quantitative estimate of drug-likeness (QED) is 0.0150. The summed E-state index contributed by atoms with van der Waals surface area (Å²) in [4.78, 5) is 177. The number of carbonyl (C=O) groups excluding carboxylic acids is 12. The number of rotatable bonds is 39. The van der Waals surface area contributed by atoms with Crippen molar-refractivity contribution in [1.82, 2.24) is 67.9 Å². The van der Waals surface area contributed by atoms with Gasteiger partial charge in [-0.15, -0.1) is 0 Å². The molecule has 3 aliphatic rings. The maximum Gasteiger partial charge on any atom is 0.321 e. The van der Waals surface area contributed by atoms with Crippen LogP contribution in [0.2, 0.25) is 5.02 Å². The molecule has 0 aliphatic carbocycles. The van der Waals surface area contributed by atoms with E-state index in [1.165, 1.54) is 11.8 Å². The Morgan fingerprint density at radius 1 is 0.496 bits per heavy atom. The van der Waals surface area contributed by atoms with Gasteiger partial charge in [-0.2, -0.15) is 0 Å². The number of ether oxygens (including phenoxy) is 1. The number of anilines is 1. The number of aliphatic hydroxyl groups is 1. The Morgan fingerprint density at radius 2 is 0.957 bits per heavy atom. The number of primary amides is 2. The van der Waals surface area contributed by atoms with E-state index in [-0.39, 0.29) is 88.8 Å². The first-order valence-electron chi connectivity index (χ1n) is 39.7. The van der Waals surface area contributed by atoms with Crippen molar-refractivity contribution in [3.8, 4) is 0 Å². The molecule has 626 valence electrons. The van der Waals surface area contributed by atoms with E-state index in [4.69, 9.17) is 38.9 Å². The van der Waals surface area contributed by atoms with Crippen LogP contribution < -0.4 is 75.7 Å². The Hall–Kier alpha value is -11.7. The van der Waals surface area contributed by atoms with E-state index in [0.29, 0.717) is 90.9 Å². The zero-order valence-corrected chi connectivity index (χ0v) is 66.9. The fraction of sp³-hybridized carbons (Fsp3) is 0.440. The molecule has 0 saturated carbocycles. The second-order valence-corrected chi connectivity index (χ2v) is 30.7. The van der Waals surface area contributed by atoms with Crippen LogP contribution in [0.5, 0.6) is 0 Å². The average Bonchev–Trinajstić information content (AvgIpc) is 1.62. The van der Waals surface area contributed by atoms with Gasteiger partial charge in [0, 0.05) is 88.6 Å². The van der Waals surface area contributed by atoms with E-state index < -0.39 is 132 Å². The summed E-state index contributed by atoms with van der Waals surface area (Å²) in [5.41, 5.74) is 20.8. The third-order valence-corrected chi connectivity index (χ3v) is 20.9. The van der Waals surface area contributed by atoms with Crippen molar-refractivity contribution < 1.29 is 67.4 Å². The summed E-state index contributed by atoms with van der Waals surface area (Å²) in [7, 11) is 0. The number of piperidine rings is 1. The molecule has 0 bridgehead atoms. The minimum absolute atomic E-state index is 0.00893. The highest BCUT2D eigenvalue weighted by Gasteiger charge is 2.41. The van der Waals surface area contributed by atoms with E-state index in [9.17, 15) is 38.7 Å². The fourth-order valence-electron chi connectivity index (χ4n) is 14.3. The van der Waals surface area contributed by atoms with Crippen molar-refractivity contribution in [3.05, 3.63) is 184 Å². The molecule has 0 unspecified atom stereocenters. The number of morpholine rings is 1. The lowest BCUT2D eigenvalue weighted by atomic mass is 9.99. The summed E-state index contributed by atoms with van der Waals surface area (Å²) in [6.45, 7) is 8.48. The normalized spacial score (nSPS) is 16.5. The number of guanidine groups is 1. The molecule has 3 heterocycles.